The predicted molar refractivity (Wildman–Crippen MR) is 66.1 cm³/mol. The maximum absolute atomic E-state index is 4.95. The van der Waals surface area contributed by atoms with Crippen LogP contribution in [0.3, 0.4) is 0 Å². The molecule has 3 aromatic rings. The van der Waals surface area contributed by atoms with Crippen LogP contribution in [0, 0.1) is 18.6 Å². The van der Waals surface area contributed by atoms with E-state index in [1.165, 1.54) is 11.1 Å². The van der Waals surface area contributed by atoms with Crippen molar-refractivity contribution in [2.75, 3.05) is 0 Å². The van der Waals surface area contributed by atoms with E-state index >= 15 is 0 Å². The largest absolute Gasteiger partial charge is 0.337 e. The topological polar surface area (TPSA) is 57.4 Å². The SMILES string of the molecule is Cc1cc(C)c2[nH]c3nc(=S)[nH]nc3c2c1. The highest BCUT2D eigenvalue weighted by atomic mass is 32.1. The minimum absolute atomic E-state index is 0.397. The van der Waals surface area contributed by atoms with E-state index in [1.807, 2.05) is 0 Å². The zero-order chi connectivity index (χ0) is 11.3. The highest BCUT2D eigenvalue weighted by molar-refractivity contribution is 7.71. The fourth-order valence-electron chi connectivity index (χ4n) is 2.05. The number of rotatable bonds is 0. The van der Waals surface area contributed by atoms with Gasteiger partial charge in [0.1, 0.15) is 5.52 Å². The van der Waals surface area contributed by atoms with Crippen LogP contribution in [0.25, 0.3) is 22.1 Å². The Balaban J connectivity index is 2.60. The summed E-state index contributed by atoms with van der Waals surface area (Å²) in [6.07, 6.45) is 0. The summed E-state index contributed by atoms with van der Waals surface area (Å²) in [5.74, 6) is 0. The van der Waals surface area contributed by atoms with Crippen molar-refractivity contribution in [2.24, 2.45) is 0 Å². The summed E-state index contributed by atoms with van der Waals surface area (Å²) in [7, 11) is 0. The Kier molecular flexibility index (Phi) is 1.85. The van der Waals surface area contributed by atoms with Crippen molar-refractivity contribution >= 4 is 34.3 Å². The molecule has 1 aromatic carbocycles. The monoisotopic (exact) mass is 230 g/mol. The van der Waals surface area contributed by atoms with E-state index in [-0.39, 0.29) is 0 Å². The number of benzene rings is 1. The number of hydrogen-bond donors (Lipinski definition) is 2. The number of hydrogen-bond acceptors (Lipinski definition) is 3. The predicted octanol–water partition coefficient (Wildman–Crippen LogP) is 2.79. The van der Waals surface area contributed by atoms with E-state index in [1.54, 1.807) is 0 Å². The van der Waals surface area contributed by atoms with Gasteiger partial charge in [-0.3, -0.25) is 5.10 Å². The molecule has 0 aliphatic heterocycles. The van der Waals surface area contributed by atoms with Gasteiger partial charge in [0, 0.05) is 5.39 Å². The Hall–Kier alpha value is -1.75. The second-order valence-electron chi connectivity index (χ2n) is 3.97. The lowest BCUT2D eigenvalue weighted by atomic mass is 10.1. The van der Waals surface area contributed by atoms with Crippen molar-refractivity contribution in [3.8, 4) is 0 Å². The summed E-state index contributed by atoms with van der Waals surface area (Å²) in [6, 6.07) is 4.24. The molecular formula is C11H10N4S. The van der Waals surface area contributed by atoms with Crippen molar-refractivity contribution in [3.63, 3.8) is 0 Å². The van der Waals surface area contributed by atoms with Gasteiger partial charge in [0.15, 0.2) is 5.65 Å². The van der Waals surface area contributed by atoms with Crippen LogP contribution in [-0.4, -0.2) is 20.2 Å². The molecule has 0 spiro atoms. The summed E-state index contributed by atoms with van der Waals surface area (Å²) in [5, 5.41) is 8.04. The van der Waals surface area contributed by atoms with Crippen LogP contribution in [0.1, 0.15) is 11.1 Å². The van der Waals surface area contributed by atoms with Gasteiger partial charge >= 0.3 is 0 Å². The van der Waals surface area contributed by atoms with Crippen LogP contribution in [0.2, 0.25) is 0 Å². The fourth-order valence-corrected chi connectivity index (χ4v) is 2.19. The lowest BCUT2D eigenvalue weighted by Gasteiger charge is -1.97. The molecule has 0 atom stereocenters. The minimum Gasteiger partial charge on any atom is -0.337 e. The maximum Gasteiger partial charge on any atom is 0.215 e. The van der Waals surface area contributed by atoms with E-state index in [2.05, 4.69) is 46.1 Å². The molecule has 0 saturated heterocycles. The molecule has 5 heteroatoms. The number of nitrogens with zero attached hydrogens (tertiary/aromatic N) is 2. The molecule has 0 bridgehead atoms. The summed E-state index contributed by atoms with van der Waals surface area (Å²) >= 11 is 4.95. The minimum atomic E-state index is 0.397. The number of aryl methyl sites for hydroxylation is 2. The molecule has 3 rings (SSSR count). The van der Waals surface area contributed by atoms with Crippen molar-refractivity contribution < 1.29 is 0 Å². The fraction of sp³-hybridized carbons (Fsp3) is 0.182. The van der Waals surface area contributed by atoms with Gasteiger partial charge in [-0.2, -0.15) is 10.1 Å². The quantitative estimate of drug-likeness (QED) is 0.584. The number of aromatic nitrogens is 4. The highest BCUT2D eigenvalue weighted by Crippen LogP contribution is 2.25. The third-order valence-electron chi connectivity index (χ3n) is 2.68. The Bertz CT molecular complexity index is 754. The van der Waals surface area contributed by atoms with Crippen molar-refractivity contribution in [1.29, 1.82) is 0 Å². The van der Waals surface area contributed by atoms with Crippen molar-refractivity contribution in [2.45, 2.75) is 13.8 Å². The van der Waals surface area contributed by atoms with Crippen LogP contribution in [0.4, 0.5) is 0 Å². The molecule has 0 saturated carbocycles. The highest BCUT2D eigenvalue weighted by Gasteiger charge is 2.08. The van der Waals surface area contributed by atoms with Crippen LogP contribution in [-0.2, 0) is 0 Å². The lowest BCUT2D eigenvalue weighted by Crippen LogP contribution is -1.86. The van der Waals surface area contributed by atoms with E-state index in [9.17, 15) is 0 Å². The van der Waals surface area contributed by atoms with Gasteiger partial charge in [-0.1, -0.05) is 11.6 Å². The standard InChI is InChI=1S/C11H10N4S/c1-5-3-6(2)8-7(4-5)9-10(12-8)13-11(16)15-14-9/h3-4H,1-2H3,(H2,12,13,15,16). The molecule has 2 heterocycles. The van der Waals surface area contributed by atoms with Gasteiger partial charge in [0.2, 0.25) is 4.77 Å². The first-order valence-electron chi connectivity index (χ1n) is 5.00. The molecule has 0 unspecified atom stereocenters. The number of nitrogens with one attached hydrogen (secondary N) is 2. The second kappa shape index (κ2) is 3.12. The van der Waals surface area contributed by atoms with E-state index < -0.39 is 0 Å². The van der Waals surface area contributed by atoms with Gasteiger partial charge in [-0.05, 0) is 37.7 Å². The molecule has 80 valence electrons. The van der Waals surface area contributed by atoms with Gasteiger partial charge in [-0.25, -0.2) is 0 Å². The molecule has 0 fully saturated rings. The van der Waals surface area contributed by atoms with Crippen LogP contribution in [0.15, 0.2) is 12.1 Å². The molecule has 2 aromatic heterocycles. The normalized spacial score (nSPS) is 11.4. The molecule has 0 aliphatic rings. The zero-order valence-electron chi connectivity index (χ0n) is 8.96. The van der Waals surface area contributed by atoms with Crippen LogP contribution >= 0.6 is 12.2 Å². The van der Waals surface area contributed by atoms with E-state index in [0.717, 1.165) is 22.1 Å². The summed E-state index contributed by atoms with van der Waals surface area (Å²) < 4.78 is 0.397. The number of H-pyrrole nitrogens is 2. The first-order chi connectivity index (χ1) is 7.65. The maximum atomic E-state index is 4.95. The summed E-state index contributed by atoms with van der Waals surface area (Å²) in [5.41, 5.74) is 5.08. The average Bonchev–Trinajstić information content (AvgIpc) is 2.56. The van der Waals surface area contributed by atoms with Crippen LogP contribution in [0.5, 0.6) is 0 Å². The molecule has 4 nitrogen and oxygen atoms in total. The molecule has 0 aliphatic carbocycles. The molecular weight excluding hydrogens is 220 g/mol. The second-order valence-corrected chi connectivity index (χ2v) is 4.35. The first-order valence-corrected chi connectivity index (χ1v) is 5.41. The van der Waals surface area contributed by atoms with Gasteiger partial charge in [0.05, 0.1) is 5.52 Å². The van der Waals surface area contributed by atoms with Crippen molar-refractivity contribution in [1.82, 2.24) is 20.2 Å². The average molecular weight is 230 g/mol. The molecule has 16 heavy (non-hydrogen) atoms. The number of fused-ring (bicyclic) bond motifs is 3. The van der Waals surface area contributed by atoms with E-state index in [0.29, 0.717) is 4.77 Å². The first kappa shape index (κ1) is 9.47. The van der Waals surface area contributed by atoms with Crippen LogP contribution < -0.4 is 0 Å². The Labute approximate surface area is 96.7 Å². The molecule has 2 N–H and O–H groups in total. The molecule has 0 radical (unpaired) electrons. The van der Waals surface area contributed by atoms with Crippen molar-refractivity contribution in [3.05, 3.63) is 28.0 Å². The Morgan fingerprint density at radius 1 is 1.25 bits per heavy atom. The Morgan fingerprint density at radius 3 is 2.88 bits per heavy atom. The third-order valence-corrected chi connectivity index (χ3v) is 2.86. The van der Waals surface area contributed by atoms with Gasteiger partial charge < -0.3 is 4.98 Å². The van der Waals surface area contributed by atoms with E-state index in [4.69, 9.17) is 12.2 Å². The lowest BCUT2D eigenvalue weighted by molar-refractivity contribution is 0.999. The molecule has 0 amide bonds. The smallest absolute Gasteiger partial charge is 0.215 e. The third kappa shape index (κ3) is 1.25. The Morgan fingerprint density at radius 2 is 2.06 bits per heavy atom. The van der Waals surface area contributed by atoms with Gasteiger partial charge in [0.25, 0.3) is 0 Å². The zero-order valence-corrected chi connectivity index (χ0v) is 9.77. The summed E-state index contributed by atoms with van der Waals surface area (Å²) in [4.78, 5) is 7.48. The number of aromatic amines is 2. The van der Waals surface area contributed by atoms with Gasteiger partial charge in [-0.15, -0.1) is 0 Å². The summed E-state index contributed by atoms with van der Waals surface area (Å²) in [6.45, 7) is 4.15.